The average Bonchev–Trinajstić information content (AvgIpc) is 2.52. The maximum absolute atomic E-state index is 6.23. The SMILES string of the molecule is CCCNC1CCCC(Oc2ccccc2OCCC)C1. The highest BCUT2D eigenvalue weighted by molar-refractivity contribution is 5.39. The van der Waals surface area contributed by atoms with E-state index in [-0.39, 0.29) is 0 Å². The van der Waals surface area contributed by atoms with Gasteiger partial charge in [0.15, 0.2) is 11.5 Å². The minimum atomic E-state index is 0.305. The fourth-order valence-electron chi connectivity index (χ4n) is 2.84. The van der Waals surface area contributed by atoms with Crippen molar-refractivity contribution in [1.82, 2.24) is 5.32 Å². The Morgan fingerprint density at radius 1 is 1.10 bits per heavy atom. The lowest BCUT2D eigenvalue weighted by Crippen LogP contribution is -2.38. The third-order valence-electron chi connectivity index (χ3n) is 3.91. The lowest BCUT2D eigenvalue weighted by Gasteiger charge is -2.30. The summed E-state index contributed by atoms with van der Waals surface area (Å²) in [7, 11) is 0. The molecule has 21 heavy (non-hydrogen) atoms. The number of nitrogens with one attached hydrogen (secondary N) is 1. The van der Waals surface area contributed by atoms with Crippen molar-refractivity contribution < 1.29 is 9.47 Å². The van der Waals surface area contributed by atoms with Gasteiger partial charge in [-0.1, -0.05) is 26.0 Å². The lowest BCUT2D eigenvalue weighted by atomic mass is 9.92. The third-order valence-corrected chi connectivity index (χ3v) is 3.91. The van der Waals surface area contributed by atoms with Crippen LogP contribution >= 0.6 is 0 Å². The van der Waals surface area contributed by atoms with Gasteiger partial charge in [-0.25, -0.2) is 0 Å². The van der Waals surface area contributed by atoms with E-state index in [0.29, 0.717) is 12.1 Å². The topological polar surface area (TPSA) is 30.5 Å². The summed E-state index contributed by atoms with van der Waals surface area (Å²) in [5, 5.41) is 3.62. The standard InChI is InChI=1S/C18H29NO2/c1-3-12-19-15-8-7-9-16(14-15)21-18-11-6-5-10-17(18)20-13-4-2/h5-6,10-11,15-16,19H,3-4,7-9,12-14H2,1-2H3. The van der Waals surface area contributed by atoms with E-state index < -0.39 is 0 Å². The summed E-state index contributed by atoms with van der Waals surface area (Å²) in [6, 6.07) is 8.65. The molecule has 118 valence electrons. The second kappa shape index (κ2) is 8.93. The lowest BCUT2D eigenvalue weighted by molar-refractivity contribution is 0.129. The molecule has 0 heterocycles. The average molecular weight is 291 g/mol. The first-order chi connectivity index (χ1) is 10.3. The van der Waals surface area contributed by atoms with Crippen LogP contribution in [-0.4, -0.2) is 25.3 Å². The minimum Gasteiger partial charge on any atom is -0.490 e. The zero-order chi connectivity index (χ0) is 14.9. The summed E-state index contributed by atoms with van der Waals surface area (Å²) >= 11 is 0. The van der Waals surface area contributed by atoms with Crippen molar-refractivity contribution in [1.29, 1.82) is 0 Å². The molecule has 1 aromatic carbocycles. The van der Waals surface area contributed by atoms with Crippen molar-refractivity contribution in [3.63, 3.8) is 0 Å². The van der Waals surface area contributed by atoms with E-state index >= 15 is 0 Å². The highest BCUT2D eigenvalue weighted by Crippen LogP contribution is 2.31. The van der Waals surface area contributed by atoms with Crippen LogP contribution in [0.1, 0.15) is 52.4 Å². The first kappa shape index (κ1) is 16.2. The zero-order valence-corrected chi connectivity index (χ0v) is 13.4. The van der Waals surface area contributed by atoms with Crippen molar-refractivity contribution in [3.8, 4) is 11.5 Å². The smallest absolute Gasteiger partial charge is 0.161 e. The van der Waals surface area contributed by atoms with Gasteiger partial charge in [-0.05, 0) is 57.2 Å². The van der Waals surface area contributed by atoms with Crippen LogP contribution in [0.15, 0.2) is 24.3 Å². The summed E-state index contributed by atoms with van der Waals surface area (Å²) in [6.07, 6.45) is 7.27. The summed E-state index contributed by atoms with van der Waals surface area (Å²) in [6.45, 7) is 6.18. The minimum absolute atomic E-state index is 0.305. The molecule has 2 atom stereocenters. The molecule has 0 aromatic heterocycles. The predicted octanol–water partition coefficient (Wildman–Crippen LogP) is 4.17. The summed E-state index contributed by atoms with van der Waals surface area (Å²) in [5.74, 6) is 1.77. The Balaban J connectivity index is 1.91. The summed E-state index contributed by atoms with van der Waals surface area (Å²) in [4.78, 5) is 0. The van der Waals surface area contributed by atoms with Crippen LogP contribution in [0.5, 0.6) is 11.5 Å². The Labute approximate surface area is 129 Å². The van der Waals surface area contributed by atoms with Crippen molar-refractivity contribution in [3.05, 3.63) is 24.3 Å². The van der Waals surface area contributed by atoms with Gasteiger partial charge in [0, 0.05) is 6.04 Å². The van der Waals surface area contributed by atoms with Gasteiger partial charge in [0.05, 0.1) is 6.61 Å². The molecule has 1 aliphatic carbocycles. The molecule has 3 nitrogen and oxygen atoms in total. The molecule has 0 bridgehead atoms. The molecule has 2 rings (SSSR count). The van der Waals surface area contributed by atoms with Gasteiger partial charge in [0.25, 0.3) is 0 Å². The highest BCUT2D eigenvalue weighted by Gasteiger charge is 2.23. The molecule has 0 aliphatic heterocycles. The van der Waals surface area contributed by atoms with Crippen molar-refractivity contribution in [2.45, 2.75) is 64.5 Å². The van der Waals surface area contributed by atoms with Crippen LogP contribution in [0.3, 0.4) is 0 Å². The Morgan fingerprint density at radius 2 is 1.90 bits per heavy atom. The van der Waals surface area contributed by atoms with E-state index in [0.717, 1.165) is 43.9 Å². The number of ether oxygens (including phenoxy) is 2. The van der Waals surface area contributed by atoms with Gasteiger partial charge in [-0.3, -0.25) is 0 Å². The molecule has 0 radical (unpaired) electrons. The van der Waals surface area contributed by atoms with Crippen molar-refractivity contribution in [2.24, 2.45) is 0 Å². The third kappa shape index (κ3) is 5.24. The Bertz CT molecular complexity index is 408. The molecule has 1 aromatic rings. The Morgan fingerprint density at radius 3 is 2.67 bits per heavy atom. The number of para-hydroxylation sites is 2. The Hall–Kier alpha value is -1.22. The van der Waals surface area contributed by atoms with Crippen LogP contribution in [0.2, 0.25) is 0 Å². The van der Waals surface area contributed by atoms with Crippen LogP contribution in [0.4, 0.5) is 0 Å². The van der Waals surface area contributed by atoms with E-state index in [1.54, 1.807) is 0 Å². The normalized spacial score (nSPS) is 22.0. The maximum atomic E-state index is 6.23. The number of rotatable bonds is 8. The highest BCUT2D eigenvalue weighted by atomic mass is 16.5. The first-order valence-electron chi connectivity index (χ1n) is 8.45. The first-order valence-corrected chi connectivity index (χ1v) is 8.45. The van der Waals surface area contributed by atoms with E-state index in [4.69, 9.17) is 9.47 Å². The van der Waals surface area contributed by atoms with Gasteiger partial charge in [0.1, 0.15) is 6.10 Å². The molecule has 1 aliphatic rings. The van der Waals surface area contributed by atoms with Crippen LogP contribution in [0.25, 0.3) is 0 Å². The molecule has 1 fully saturated rings. The van der Waals surface area contributed by atoms with E-state index in [1.165, 1.54) is 19.3 Å². The maximum Gasteiger partial charge on any atom is 0.161 e. The molecule has 0 amide bonds. The molecule has 1 N–H and O–H groups in total. The van der Waals surface area contributed by atoms with Crippen molar-refractivity contribution >= 4 is 0 Å². The number of hydrogen-bond donors (Lipinski definition) is 1. The zero-order valence-electron chi connectivity index (χ0n) is 13.4. The van der Waals surface area contributed by atoms with E-state index in [9.17, 15) is 0 Å². The van der Waals surface area contributed by atoms with Gasteiger partial charge >= 0.3 is 0 Å². The molecule has 1 saturated carbocycles. The van der Waals surface area contributed by atoms with Crippen LogP contribution < -0.4 is 14.8 Å². The molecule has 0 saturated heterocycles. The predicted molar refractivity (Wildman–Crippen MR) is 87.2 cm³/mol. The molecule has 2 unspecified atom stereocenters. The fourth-order valence-corrected chi connectivity index (χ4v) is 2.84. The molecule has 0 spiro atoms. The van der Waals surface area contributed by atoms with E-state index in [1.807, 2.05) is 24.3 Å². The van der Waals surface area contributed by atoms with Gasteiger partial charge < -0.3 is 14.8 Å². The molecular formula is C18H29NO2. The number of benzene rings is 1. The summed E-state index contributed by atoms with van der Waals surface area (Å²) < 4.78 is 12.0. The summed E-state index contributed by atoms with van der Waals surface area (Å²) in [5.41, 5.74) is 0. The van der Waals surface area contributed by atoms with Gasteiger partial charge in [-0.15, -0.1) is 0 Å². The van der Waals surface area contributed by atoms with E-state index in [2.05, 4.69) is 19.2 Å². The quantitative estimate of drug-likeness (QED) is 0.780. The van der Waals surface area contributed by atoms with Crippen LogP contribution in [0, 0.1) is 0 Å². The second-order valence-electron chi connectivity index (χ2n) is 5.85. The molecule has 3 heteroatoms. The van der Waals surface area contributed by atoms with Crippen molar-refractivity contribution in [2.75, 3.05) is 13.2 Å². The van der Waals surface area contributed by atoms with Gasteiger partial charge in [-0.2, -0.15) is 0 Å². The van der Waals surface area contributed by atoms with Crippen LogP contribution in [-0.2, 0) is 0 Å². The second-order valence-corrected chi connectivity index (χ2v) is 5.85. The molecular weight excluding hydrogens is 262 g/mol. The monoisotopic (exact) mass is 291 g/mol. The van der Waals surface area contributed by atoms with Gasteiger partial charge in [0.2, 0.25) is 0 Å². The fraction of sp³-hybridized carbons (Fsp3) is 0.667. The largest absolute Gasteiger partial charge is 0.490 e. The Kier molecular flexibility index (Phi) is 6.87. The number of hydrogen-bond acceptors (Lipinski definition) is 3.